The van der Waals surface area contributed by atoms with Gasteiger partial charge in [0.1, 0.15) is 5.69 Å². The number of nitrogens with zero attached hydrogens (tertiary/aromatic N) is 2. The first-order valence-corrected chi connectivity index (χ1v) is 9.87. The van der Waals surface area contributed by atoms with Crippen molar-refractivity contribution in [3.05, 3.63) is 47.8 Å². The first-order chi connectivity index (χ1) is 13.3. The number of aromatic nitrogens is 1. The minimum atomic E-state index is 0.131. The van der Waals surface area contributed by atoms with E-state index in [1.54, 1.807) is 0 Å². The molecule has 4 fully saturated rings. The molecular formula is C21H23N3O3. The van der Waals surface area contributed by atoms with Gasteiger partial charge in [-0.05, 0) is 61.7 Å². The zero-order valence-corrected chi connectivity index (χ0v) is 15.1. The third-order valence-corrected chi connectivity index (χ3v) is 6.91. The Morgan fingerprint density at radius 1 is 1.07 bits per heavy atom. The van der Waals surface area contributed by atoms with Crippen LogP contribution in [-0.4, -0.2) is 59.2 Å². The molecule has 4 saturated heterocycles. The molecule has 1 aromatic carbocycles. The van der Waals surface area contributed by atoms with Gasteiger partial charge in [-0.2, -0.15) is 0 Å². The van der Waals surface area contributed by atoms with Crippen LogP contribution in [0.5, 0.6) is 11.5 Å². The summed E-state index contributed by atoms with van der Waals surface area (Å²) in [4.78, 5) is 21.1. The predicted octanol–water partition coefficient (Wildman–Crippen LogP) is 2.45. The Hall–Kier alpha value is -2.47. The lowest BCUT2D eigenvalue weighted by molar-refractivity contribution is -0.00356. The summed E-state index contributed by atoms with van der Waals surface area (Å²) >= 11 is 0. The number of hydrogen-bond acceptors (Lipinski definition) is 4. The van der Waals surface area contributed by atoms with Crippen LogP contribution in [0.2, 0.25) is 0 Å². The summed E-state index contributed by atoms with van der Waals surface area (Å²) in [5.41, 5.74) is 1.94. The SMILES string of the molecule is O=C(c1ccc[nH]1)N1C[C@H](c2ccc3c(c2)OCO3)[C@@H]2[C@H]1C1CCN2CC1. The third kappa shape index (κ3) is 2.26. The van der Waals surface area contributed by atoms with Crippen molar-refractivity contribution in [1.82, 2.24) is 14.8 Å². The number of hydrogen-bond donors (Lipinski definition) is 1. The van der Waals surface area contributed by atoms with E-state index in [2.05, 4.69) is 26.9 Å². The maximum absolute atomic E-state index is 13.2. The van der Waals surface area contributed by atoms with Crippen molar-refractivity contribution in [2.24, 2.45) is 5.92 Å². The minimum Gasteiger partial charge on any atom is -0.454 e. The van der Waals surface area contributed by atoms with Crippen LogP contribution < -0.4 is 9.47 Å². The molecule has 5 aliphatic heterocycles. The summed E-state index contributed by atoms with van der Waals surface area (Å²) in [6.07, 6.45) is 4.22. The van der Waals surface area contributed by atoms with Crippen LogP contribution in [0.4, 0.5) is 0 Å². The number of fused-ring (bicyclic) bond motifs is 3. The molecule has 1 amide bonds. The van der Waals surface area contributed by atoms with E-state index in [1.807, 2.05) is 24.4 Å². The summed E-state index contributed by atoms with van der Waals surface area (Å²) in [6.45, 7) is 3.36. The van der Waals surface area contributed by atoms with Crippen molar-refractivity contribution in [1.29, 1.82) is 0 Å². The van der Waals surface area contributed by atoms with E-state index >= 15 is 0 Å². The highest BCUT2D eigenvalue weighted by Crippen LogP contribution is 2.48. The lowest BCUT2D eigenvalue weighted by Gasteiger charge is -2.51. The quantitative estimate of drug-likeness (QED) is 0.888. The van der Waals surface area contributed by atoms with Crippen LogP contribution in [0.3, 0.4) is 0 Å². The number of rotatable bonds is 2. The van der Waals surface area contributed by atoms with E-state index in [1.165, 1.54) is 18.4 Å². The van der Waals surface area contributed by atoms with Crippen molar-refractivity contribution in [2.75, 3.05) is 26.4 Å². The number of ether oxygens (including phenoxy) is 2. The van der Waals surface area contributed by atoms with Gasteiger partial charge in [-0.3, -0.25) is 9.69 Å². The van der Waals surface area contributed by atoms with Crippen molar-refractivity contribution < 1.29 is 14.3 Å². The van der Waals surface area contributed by atoms with Gasteiger partial charge in [-0.15, -0.1) is 0 Å². The Balaban J connectivity index is 1.39. The Labute approximate surface area is 158 Å². The van der Waals surface area contributed by atoms with Crippen LogP contribution in [0.1, 0.15) is 34.8 Å². The number of aromatic amines is 1. The van der Waals surface area contributed by atoms with E-state index in [0.717, 1.165) is 31.1 Å². The number of amides is 1. The van der Waals surface area contributed by atoms with Crippen molar-refractivity contribution >= 4 is 5.91 Å². The molecule has 6 heterocycles. The van der Waals surface area contributed by atoms with Gasteiger partial charge < -0.3 is 19.4 Å². The maximum atomic E-state index is 13.2. The average molecular weight is 365 g/mol. The van der Waals surface area contributed by atoms with Crippen LogP contribution in [0.15, 0.2) is 36.5 Å². The molecule has 5 aliphatic rings. The van der Waals surface area contributed by atoms with Crippen molar-refractivity contribution in [3.63, 3.8) is 0 Å². The molecule has 3 atom stereocenters. The molecule has 7 rings (SSSR count). The molecule has 2 aromatic rings. The average Bonchev–Trinajstić information content (AvgIpc) is 3.47. The molecule has 0 unspecified atom stereocenters. The number of benzene rings is 1. The molecule has 6 nitrogen and oxygen atoms in total. The normalized spacial score (nSPS) is 33.3. The second kappa shape index (κ2) is 5.76. The second-order valence-electron chi connectivity index (χ2n) is 8.12. The highest BCUT2D eigenvalue weighted by Gasteiger charge is 2.54. The fraction of sp³-hybridized carbons (Fsp3) is 0.476. The number of piperidine rings is 3. The topological polar surface area (TPSA) is 57.8 Å². The standard InChI is InChI=1S/C21H23N3O3/c25-21(16-2-1-7-22-16)24-11-15(14-3-4-17-18(10-14)27-12-26-17)20-19(24)13-5-8-23(20)9-6-13/h1-4,7,10,13,15,19-20,22H,5-6,8-9,11-12H2/t15-,19-,20-/m1/s1. The fourth-order valence-electron chi connectivity index (χ4n) is 5.71. The smallest absolute Gasteiger partial charge is 0.270 e. The maximum Gasteiger partial charge on any atom is 0.270 e. The molecule has 2 bridgehead atoms. The summed E-state index contributed by atoms with van der Waals surface area (Å²) in [5.74, 6) is 2.70. The molecule has 0 radical (unpaired) electrons. The number of carbonyl (C=O) groups is 1. The largest absolute Gasteiger partial charge is 0.454 e. The van der Waals surface area contributed by atoms with Gasteiger partial charge in [0.05, 0.1) is 6.04 Å². The Kier molecular flexibility index (Phi) is 3.32. The molecule has 0 saturated carbocycles. The van der Waals surface area contributed by atoms with Gasteiger partial charge in [0, 0.05) is 24.7 Å². The number of likely N-dealkylation sites (tertiary alicyclic amines) is 1. The van der Waals surface area contributed by atoms with Crippen molar-refractivity contribution in [3.8, 4) is 11.5 Å². The molecule has 1 N–H and O–H groups in total. The highest BCUT2D eigenvalue weighted by molar-refractivity contribution is 5.93. The van der Waals surface area contributed by atoms with Gasteiger partial charge in [-0.1, -0.05) is 6.07 Å². The second-order valence-corrected chi connectivity index (χ2v) is 8.12. The Bertz CT molecular complexity index is 873. The summed E-state index contributed by atoms with van der Waals surface area (Å²) in [5, 5.41) is 0. The summed E-state index contributed by atoms with van der Waals surface area (Å²) in [7, 11) is 0. The summed E-state index contributed by atoms with van der Waals surface area (Å²) < 4.78 is 11.1. The Morgan fingerprint density at radius 3 is 2.74 bits per heavy atom. The van der Waals surface area contributed by atoms with E-state index in [9.17, 15) is 4.79 Å². The number of nitrogens with one attached hydrogen (secondary N) is 1. The van der Waals surface area contributed by atoms with E-state index in [4.69, 9.17) is 9.47 Å². The lowest BCUT2D eigenvalue weighted by atomic mass is 9.75. The van der Waals surface area contributed by atoms with Crippen LogP contribution >= 0.6 is 0 Å². The molecule has 0 aliphatic carbocycles. The van der Waals surface area contributed by atoms with Gasteiger partial charge in [0.2, 0.25) is 6.79 Å². The molecular weight excluding hydrogens is 342 g/mol. The van der Waals surface area contributed by atoms with Crippen molar-refractivity contribution in [2.45, 2.75) is 30.8 Å². The first kappa shape index (κ1) is 15.6. The van der Waals surface area contributed by atoms with Gasteiger partial charge >= 0.3 is 0 Å². The predicted molar refractivity (Wildman–Crippen MR) is 99.0 cm³/mol. The zero-order chi connectivity index (χ0) is 18.0. The monoisotopic (exact) mass is 365 g/mol. The highest BCUT2D eigenvalue weighted by atomic mass is 16.7. The van der Waals surface area contributed by atoms with Gasteiger partial charge in [-0.25, -0.2) is 0 Å². The third-order valence-electron chi connectivity index (χ3n) is 6.91. The van der Waals surface area contributed by atoms with Gasteiger partial charge in [0.25, 0.3) is 5.91 Å². The molecule has 0 spiro atoms. The lowest BCUT2D eigenvalue weighted by Crippen LogP contribution is -2.60. The first-order valence-electron chi connectivity index (χ1n) is 9.87. The van der Waals surface area contributed by atoms with E-state index < -0.39 is 0 Å². The molecule has 140 valence electrons. The van der Waals surface area contributed by atoms with E-state index in [0.29, 0.717) is 36.4 Å². The van der Waals surface area contributed by atoms with Gasteiger partial charge in [0.15, 0.2) is 11.5 Å². The molecule has 6 heteroatoms. The number of carbonyl (C=O) groups excluding carboxylic acids is 1. The van der Waals surface area contributed by atoms with Crippen LogP contribution in [-0.2, 0) is 0 Å². The fourth-order valence-corrected chi connectivity index (χ4v) is 5.71. The molecule has 27 heavy (non-hydrogen) atoms. The number of H-pyrrole nitrogens is 1. The van der Waals surface area contributed by atoms with Crippen LogP contribution in [0, 0.1) is 5.92 Å². The summed E-state index contributed by atoms with van der Waals surface area (Å²) in [6, 6.07) is 10.8. The van der Waals surface area contributed by atoms with E-state index in [-0.39, 0.29) is 5.91 Å². The van der Waals surface area contributed by atoms with Crippen LogP contribution in [0.25, 0.3) is 0 Å². The minimum absolute atomic E-state index is 0.131. The zero-order valence-electron chi connectivity index (χ0n) is 15.1. The Morgan fingerprint density at radius 2 is 1.93 bits per heavy atom. The molecule has 1 aromatic heterocycles.